The van der Waals surface area contributed by atoms with E-state index in [2.05, 4.69) is 29.2 Å². The molecule has 1 atom stereocenters. The summed E-state index contributed by atoms with van der Waals surface area (Å²) in [6.45, 7) is 6.19. The largest absolute Gasteiger partial charge is 0.396 e. The van der Waals surface area contributed by atoms with Gasteiger partial charge in [-0.3, -0.25) is 9.69 Å². The third-order valence-electron chi connectivity index (χ3n) is 5.47. The van der Waals surface area contributed by atoms with Gasteiger partial charge < -0.3 is 14.7 Å². The highest BCUT2D eigenvalue weighted by Gasteiger charge is 2.30. The molecule has 5 heteroatoms. The molecule has 0 aromatic heterocycles. The lowest BCUT2D eigenvalue weighted by Gasteiger charge is -2.38. The molecule has 0 spiro atoms. The van der Waals surface area contributed by atoms with Gasteiger partial charge >= 0.3 is 0 Å². The van der Waals surface area contributed by atoms with Crippen molar-refractivity contribution in [3.8, 4) is 0 Å². The van der Waals surface area contributed by atoms with Crippen molar-refractivity contribution in [2.75, 3.05) is 32.8 Å². The van der Waals surface area contributed by atoms with Gasteiger partial charge in [-0.05, 0) is 43.7 Å². The van der Waals surface area contributed by atoms with E-state index in [0.29, 0.717) is 13.0 Å². The van der Waals surface area contributed by atoms with Gasteiger partial charge in [-0.2, -0.15) is 0 Å². The molecule has 25 heavy (non-hydrogen) atoms. The van der Waals surface area contributed by atoms with Gasteiger partial charge in [0.25, 0.3) is 0 Å². The first kappa shape index (κ1) is 18.4. The molecule has 0 saturated carbocycles. The fourth-order valence-corrected chi connectivity index (χ4v) is 3.83. The maximum absolute atomic E-state index is 12.9. The molecule has 1 fully saturated rings. The Kier molecular flexibility index (Phi) is 6.45. The van der Waals surface area contributed by atoms with E-state index in [1.54, 1.807) is 0 Å². The van der Waals surface area contributed by atoms with Crippen LogP contribution in [0.4, 0.5) is 0 Å². The van der Waals surface area contributed by atoms with Crippen molar-refractivity contribution in [2.45, 2.75) is 51.3 Å². The third-order valence-corrected chi connectivity index (χ3v) is 5.47. The standard InChI is InChI=1S/C20H30N2O3/c1-16(22-10-7-17-5-2-3-6-18(17)15-22)20(24)21-11-8-19(9-12-21)25-14-4-13-23/h2-3,5-6,16,19,23H,4,7-15H2,1H3. The Hall–Kier alpha value is -1.43. The number of likely N-dealkylation sites (tertiary alicyclic amines) is 1. The average molecular weight is 346 g/mol. The zero-order valence-electron chi connectivity index (χ0n) is 15.2. The Balaban J connectivity index is 1.49. The maximum atomic E-state index is 12.9. The van der Waals surface area contributed by atoms with Crippen LogP contribution in [0.1, 0.15) is 37.3 Å². The molecule has 138 valence electrons. The van der Waals surface area contributed by atoms with Crippen molar-refractivity contribution >= 4 is 5.91 Å². The van der Waals surface area contributed by atoms with E-state index in [1.807, 2.05) is 11.8 Å². The van der Waals surface area contributed by atoms with Crippen LogP contribution >= 0.6 is 0 Å². The van der Waals surface area contributed by atoms with E-state index in [0.717, 1.165) is 45.4 Å². The number of aliphatic hydroxyl groups is 1. The molecule has 0 aliphatic carbocycles. The van der Waals surface area contributed by atoms with Gasteiger partial charge in [0.1, 0.15) is 0 Å². The Morgan fingerprint density at radius 3 is 2.68 bits per heavy atom. The number of aliphatic hydroxyl groups excluding tert-OH is 1. The van der Waals surface area contributed by atoms with Crippen LogP contribution in [0, 0.1) is 0 Å². The van der Waals surface area contributed by atoms with Crippen LogP contribution in [-0.4, -0.2) is 65.8 Å². The molecule has 5 nitrogen and oxygen atoms in total. The number of nitrogens with zero attached hydrogens (tertiary/aromatic N) is 2. The number of fused-ring (bicyclic) bond motifs is 1. The summed E-state index contributed by atoms with van der Waals surface area (Å²) in [6, 6.07) is 8.47. The molecular formula is C20H30N2O3. The summed E-state index contributed by atoms with van der Waals surface area (Å²) in [5.74, 6) is 0.244. The molecule has 1 N–H and O–H groups in total. The number of hydrogen-bond acceptors (Lipinski definition) is 4. The van der Waals surface area contributed by atoms with Crippen LogP contribution in [-0.2, 0) is 22.5 Å². The molecule has 1 amide bonds. The molecule has 2 heterocycles. The first-order chi connectivity index (χ1) is 12.2. The van der Waals surface area contributed by atoms with Crippen molar-refractivity contribution < 1.29 is 14.6 Å². The van der Waals surface area contributed by atoms with Crippen LogP contribution in [0.15, 0.2) is 24.3 Å². The van der Waals surface area contributed by atoms with E-state index in [4.69, 9.17) is 9.84 Å². The Labute approximate surface area is 150 Å². The smallest absolute Gasteiger partial charge is 0.239 e. The highest BCUT2D eigenvalue weighted by Crippen LogP contribution is 2.22. The van der Waals surface area contributed by atoms with Gasteiger partial charge in [0.2, 0.25) is 5.91 Å². The van der Waals surface area contributed by atoms with E-state index in [1.165, 1.54) is 11.1 Å². The number of benzene rings is 1. The number of hydrogen-bond donors (Lipinski definition) is 1. The second-order valence-corrected chi connectivity index (χ2v) is 7.14. The summed E-state index contributed by atoms with van der Waals surface area (Å²) in [5, 5.41) is 8.82. The van der Waals surface area contributed by atoms with Gasteiger partial charge in [0.05, 0.1) is 12.1 Å². The molecular weight excluding hydrogens is 316 g/mol. The van der Waals surface area contributed by atoms with Crippen LogP contribution in [0.2, 0.25) is 0 Å². The lowest BCUT2D eigenvalue weighted by Crippen LogP contribution is -2.51. The summed E-state index contributed by atoms with van der Waals surface area (Å²) in [5.41, 5.74) is 2.77. The Morgan fingerprint density at radius 2 is 1.96 bits per heavy atom. The summed E-state index contributed by atoms with van der Waals surface area (Å²) in [6.07, 6.45) is 3.73. The van der Waals surface area contributed by atoms with Crippen molar-refractivity contribution in [3.05, 3.63) is 35.4 Å². The van der Waals surface area contributed by atoms with E-state index in [9.17, 15) is 4.79 Å². The van der Waals surface area contributed by atoms with Crippen molar-refractivity contribution in [1.82, 2.24) is 9.80 Å². The molecule has 2 aliphatic rings. The first-order valence-electron chi connectivity index (χ1n) is 9.51. The predicted molar refractivity (Wildman–Crippen MR) is 97.3 cm³/mol. The van der Waals surface area contributed by atoms with Crippen LogP contribution in [0.3, 0.4) is 0 Å². The summed E-state index contributed by atoms with van der Waals surface area (Å²) in [4.78, 5) is 17.2. The second-order valence-electron chi connectivity index (χ2n) is 7.14. The predicted octanol–water partition coefficient (Wildman–Crippen LogP) is 1.82. The molecule has 0 radical (unpaired) electrons. The monoisotopic (exact) mass is 346 g/mol. The quantitative estimate of drug-likeness (QED) is 0.799. The lowest BCUT2D eigenvalue weighted by molar-refractivity contribution is -0.139. The fraction of sp³-hybridized carbons (Fsp3) is 0.650. The summed E-state index contributed by atoms with van der Waals surface area (Å²) >= 11 is 0. The van der Waals surface area contributed by atoms with Crippen molar-refractivity contribution in [2.24, 2.45) is 0 Å². The van der Waals surface area contributed by atoms with E-state index >= 15 is 0 Å². The molecule has 1 aromatic carbocycles. The number of amides is 1. The molecule has 2 aliphatic heterocycles. The SMILES string of the molecule is CC(C(=O)N1CCC(OCCCO)CC1)N1CCc2ccccc2C1. The Bertz CT molecular complexity index is 570. The van der Waals surface area contributed by atoms with Gasteiger partial charge in [-0.15, -0.1) is 0 Å². The van der Waals surface area contributed by atoms with Crippen LogP contribution in [0.5, 0.6) is 0 Å². The third kappa shape index (κ3) is 4.60. The van der Waals surface area contributed by atoms with Crippen LogP contribution in [0.25, 0.3) is 0 Å². The topological polar surface area (TPSA) is 53.0 Å². The minimum Gasteiger partial charge on any atom is -0.396 e. The molecule has 1 saturated heterocycles. The van der Waals surface area contributed by atoms with Gasteiger partial charge in [-0.25, -0.2) is 0 Å². The highest BCUT2D eigenvalue weighted by atomic mass is 16.5. The number of rotatable bonds is 6. The fourth-order valence-electron chi connectivity index (χ4n) is 3.83. The first-order valence-corrected chi connectivity index (χ1v) is 9.51. The summed E-state index contributed by atoms with van der Waals surface area (Å²) in [7, 11) is 0. The molecule has 3 rings (SSSR count). The van der Waals surface area contributed by atoms with Crippen molar-refractivity contribution in [1.29, 1.82) is 0 Å². The lowest BCUT2D eigenvalue weighted by atomic mass is 9.98. The van der Waals surface area contributed by atoms with Crippen molar-refractivity contribution in [3.63, 3.8) is 0 Å². The summed E-state index contributed by atoms with van der Waals surface area (Å²) < 4.78 is 5.76. The number of carbonyl (C=O) groups is 1. The zero-order valence-corrected chi connectivity index (χ0v) is 15.2. The molecule has 1 unspecified atom stereocenters. The van der Waals surface area contributed by atoms with Crippen LogP contribution < -0.4 is 0 Å². The Morgan fingerprint density at radius 1 is 1.24 bits per heavy atom. The minimum atomic E-state index is -0.0692. The van der Waals surface area contributed by atoms with E-state index < -0.39 is 0 Å². The number of ether oxygens (including phenoxy) is 1. The maximum Gasteiger partial charge on any atom is 0.239 e. The molecule has 1 aromatic rings. The minimum absolute atomic E-state index is 0.0692. The molecule has 0 bridgehead atoms. The van der Waals surface area contributed by atoms with E-state index in [-0.39, 0.29) is 24.7 Å². The van der Waals surface area contributed by atoms with Gasteiger partial charge in [0, 0.05) is 39.4 Å². The van der Waals surface area contributed by atoms with Gasteiger partial charge in [0.15, 0.2) is 0 Å². The van der Waals surface area contributed by atoms with Gasteiger partial charge in [-0.1, -0.05) is 24.3 Å². The zero-order chi connectivity index (χ0) is 17.6. The number of piperidine rings is 1. The average Bonchev–Trinajstić information content (AvgIpc) is 2.67. The highest BCUT2D eigenvalue weighted by molar-refractivity contribution is 5.81. The second kappa shape index (κ2) is 8.79. The normalized spacial score (nSPS) is 20.3. The number of carbonyl (C=O) groups excluding carboxylic acids is 1.